The van der Waals surface area contributed by atoms with Crippen molar-refractivity contribution in [2.75, 3.05) is 11.9 Å². The Labute approximate surface area is 122 Å². The third kappa shape index (κ3) is 3.51. The molecule has 1 heterocycles. The van der Waals surface area contributed by atoms with Crippen molar-refractivity contribution in [1.29, 1.82) is 0 Å². The van der Waals surface area contributed by atoms with E-state index in [0.717, 1.165) is 0 Å². The molecule has 1 aromatic carbocycles. The predicted octanol–water partition coefficient (Wildman–Crippen LogP) is 2.20. The zero-order valence-electron chi connectivity index (χ0n) is 11.5. The molecule has 2 aromatic rings. The van der Waals surface area contributed by atoms with Crippen molar-refractivity contribution in [3.63, 3.8) is 0 Å². The van der Waals surface area contributed by atoms with Crippen molar-refractivity contribution < 1.29 is 14.0 Å². The Balaban J connectivity index is 2.19. The molecule has 0 aliphatic heterocycles. The number of aryl methyl sites for hydroxylation is 1. The molecular formula is C16H14N2O3. The summed E-state index contributed by atoms with van der Waals surface area (Å²) in [4.78, 5) is 24.0. The molecule has 0 bridgehead atoms. The molecule has 21 heavy (non-hydrogen) atoms. The maximum absolute atomic E-state index is 12.0. The maximum Gasteiger partial charge on any atom is 0.291 e. The number of furan rings is 1. The molecule has 0 atom stereocenters. The molecule has 2 N–H and O–H groups in total. The van der Waals surface area contributed by atoms with Gasteiger partial charge in [0.05, 0.1) is 17.8 Å². The highest BCUT2D eigenvalue weighted by molar-refractivity contribution is 6.07. The Morgan fingerprint density at radius 2 is 1.95 bits per heavy atom. The number of nitrogens with one attached hydrogen (secondary N) is 2. The Hall–Kier alpha value is -3.00. The molecular weight excluding hydrogens is 268 g/mol. The van der Waals surface area contributed by atoms with E-state index in [9.17, 15) is 9.59 Å². The first-order chi connectivity index (χ1) is 10.1. The van der Waals surface area contributed by atoms with E-state index >= 15 is 0 Å². The van der Waals surface area contributed by atoms with Crippen LogP contribution < -0.4 is 10.6 Å². The van der Waals surface area contributed by atoms with Gasteiger partial charge >= 0.3 is 0 Å². The van der Waals surface area contributed by atoms with Crippen LogP contribution in [-0.4, -0.2) is 18.4 Å². The minimum Gasteiger partial charge on any atom is -0.456 e. The molecule has 0 fully saturated rings. The largest absolute Gasteiger partial charge is 0.456 e. The lowest BCUT2D eigenvalue weighted by Crippen LogP contribution is -2.25. The van der Waals surface area contributed by atoms with E-state index in [-0.39, 0.29) is 18.2 Å². The lowest BCUT2D eigenvalue weighted by Gasteiger charge is -2.09. The molecule has 5 heteroatoms. The van der Waals surface area contributed by atoms with E-state index in [1.165, 1.54) is 0 Å². The minimum absolute atomic E-state index is 0.124. The first-order valence-electron chi connectivity index (χ1n) is 6.30. The Bertz CT molecular complexity index is 710. The molecule has 0 radical (unpaired) electrons. The smallest absolute Gasteiger partial charge is 0.291 e. The van der Waals surface area contributed by atoms with Crippen molar-refractivity contribution in [1.82, 2.24) is 5.32 Å². The van der Waals surface area contributed by atoms with Gasteiger partial charge in [-0.15, -0.1) is 6.42 Å². The third-order valence-electron chi connectivity index (χ3n) is 2.74. The summed E-state index contributed by atoms with van der Waals surface area (Å²) in [7, 11) is 0. The molecule has 2 amide bonds. The van der Waals surface area contributed by atoms with Crippen molar-refractivity contribution >= 4 is 17.5 Å². The third-order valence-corrected chi connectivity index (χ3v) is 2.74. The van der Waals surface area contributed by atoms with E-state index in [0.29, 0.717) is 17.0 Å². The number of carbonyl (C=O) groups excluding carboxylic acids is 2. The number of amides is 2. The van der Waals surface area contributed by atoms with Crippen molar-refractivity contribution in [2.45, 2.75) is 6.92 Å². The number of benzene rings is 1. The zero-order chi connectivity index (χ0) is 15.2. The minimum atomic E-state index is -0.416. The summed E-state index contributed by atoms with van der Waals surface area (Å²) in [5.74, 6) is 2.38. The lowest BCUT2D eigenvalue weighted by molar-refractivity contribution is 0.0959. The van der Waals surface area contributed by atoms with Crippen LogP contribution in [-0.2, 0) is 0 Å². The summed E-state index contributed by atoms with van der Waals surface area (Å²) in [6.07, 6.45) is 5.11. The summed E-state index contributed by atoms with van der Waals surface area (Å²) in [5, 5.41) is 5.21. The molecule has 2 rings (SSSR count). The molecule has 0 saturated heterocycles. The first kappa shape index (κ1) is 14.4. The van der Waals surface area contributed by atoms with E-state index in [1.54, 1.807) is 43.3 Å². The Morgan fingerprint density at radius 3 is 2.62 bits per heavy atom. The highest BCUT2D eigenvalue weighted by atomic mass is 16.3. The molecule has 0 aliphatic carbocycles. The van der Waals surface area contributed by atoms with Gasteiger partial charge < -0.3 is 15.1 Å². The van der Waals surface area contributed by atoms with Crippen LogP contribution in [0.2, 0.25) is 0 Å². The van der Waals surface area contributed by atoms with Crippen LogP contribution in [0.1, 0.15) is 26.7 Å². The second kappa shape index (κ2) is 6.44. The van der Waals surface area contributed by atoms with E-state index in [2.05, 4.69) is 16.6 Å². The first-order valence-corrected chi connectivity index (χ1v) is 6.30. The fraction of sp³-hybridized carbons (Fsp3) is 0.125. The van der Waals surface area contributed by atoms with Gasteiger partial charge in [0.25, 0.3) is 11.8 Å². The summed E-state index contributed by atoms with van der Waals surface area (Å²) < 4.78 is 5.24. The van der Waals surface area contributed by atoms with E-state index in [1.807, 2.05) is 0 Å². The molecule has 0 saturated carbocycles. The van der Waals surface area contributed by atoms with Crippen molar-refractivity contribution in [2.24, 2.45) is 0 Å². The Kier molecular flexibility index (Phi) is 4.42. The molecule has 1 aromatic heterocycles. The number of para-hydroxylation sites is 1. The number of rotatable bonds is 4. The monoisotopic (exact) mass is 282 g/mol. The van der Waals surface area contributed by atoms with Crippen LogP contribution in [0.15, 0.2) is 40.8 Å². The molecule has 0 aliphatic rings. The van der Waals surface area contributed by atoms with Gasteiger partial charge in [-0.05, 0) is 31.2 Å². The topological polar surface area (TPSA) is 71.3 Å². The van der Waals surface area contributed by atoms with Crippen molar-refractivity contribution in [3.8, 4) is 12.3 Å². The SMILES string of the molecule is C#CCNC(=O)c1ccccc1NC(=O)c1ccc(C)o1. The van der Waals surface area contributed by atoms with Crippen LogP contribution in [0.5, 0.6) is 0 Å². The second-order valence-corrected chi connectivity index (χ2v) is 4.30. The van der Waals surface area contributed by atoms with Gasteiger partial charge in [-0.2, -0.15) is 0 Å². The van der Waals surface area contributed by atoms with Gasteiger partial charge in [-0.25, -0.2) is 0 Å². The van der Waals surface area contributed by atoms with Crippen LogP contribution in [0.3, 0.4) is 0 Å². The fourth-order valence-electron chi connectivity index (χ4n) is 1.76. The van der Waals surface area contributed by atoms with Crippen LogP contribution in [0.4, 0.5) is 5.69 Å². The van der Waals surface area contributed by atoms with Gasteiger partial charge in [-0.3, -0.25) is 9.59 Å². The number of anilines is 1. The van der Waals surface area contributed by atoms with Gasteiger partial charge in [0.15, 0.2) is 5.76 Å². The van der Waals surface area contributed by atoms with Crippen molar-refractivity contribution in [3.05, 3.63) is 53.5 Å². The Morgan fingerprint density at radius 1 is 1.19 bits per heavy atom. The molecule has 0 unspecified atom stereocenters. The van der Waals surface area contributed by atoms with Gasteiger partial charge in [0.2, 0.25) is 0 Å². The van der Waals surface area contributed by atoms with Crippen LogP contribution >= 0.6 is 0 Å². The predicted molar refractivity (Wildman–Crippen MR) is 79.0 cm³/mol. The van der Waals surface area contributed by atoms with Crippen LogP contribution in [0.25, 0.3) is 0 Å². The average molecular weight is 282 g/mol. The van der Waals surface area contributed by atoms with E-state index in [4.69, 9.17) is 10.8 Å². The number of hydrogen-bond acceptors (Lipinski definition) is 3. The summed E-state index contributed by atoms with van der Waals surface area (Å²) in [5.41, 5.74) is 0.732. The quantitative estimate of drug-likeness (QED) is 0.844. The molecule has 106 valence electrons. The number of hydrogen-bond donors (Lipinski definition) is 2. The highest BCUT2D eigenvalue weighted by Crippen LogP contribution is 2.17. The van der Waals surface area contributed by atoms with Gasteiger partial charge in [-0.1, -0.05) is 18.1 Å². The maximum atomic E-state index is 12.0. The normalized spacial score (nSPS) is 9.71. The number of carbonyl (C=O) groups is 2. The standard InChI is InChI=1S/C16H14N2O3/c1-3-10-17-15(19)12-6-4-5-7-13(12)18-16(20)14-9-8-11(2)21-14/h1,4-9H,10H2,2H3,(H,17,19)(H,18,20). The number of terminal acetylenes is 1. The summed E-state index contributed by atoms with van der Waals surface area (Å²) in [6, 6.07) is 9.94. The van der Waals surface area contributed by atoms with Crippen LogP contribution in [0, 0.1) is 19.3 Å². The molecule has 5 nitrogen and oxygen atoms in total. The molecule has 0 spiro atoms. The zero-order valence-corrected chi connectivity index (χ0v) is 11.5. The highest BCUT2D eigenvalue weighted by Gasteiger charge is 2.15. The average Bonchev–Trinajstić information content (AvgIpc) is 2.92. The van der Waals surface area contributed by atoms with E-state index < -0.39 is 5.91 Å². The summed E-state index contributed by atoms with van der Waals surface area (Å²) in [6.45, 7) is 1.87. The summed E-state index contributed by atoms with van der Waals surface area (Å²) >= 11 is 0. The fourth-order valence-corrected chi connectivity index (χ4v) is 1.76. The lowest BCUT2D eigenvalue weighted by atomic mass is 10.1. The van der Waals surface area contributed by atoms with Gasteiger partial charge in [0, 0.05) is 0 Å². The van der Waals surface area contributed by atoms with Gasteiger partial charge in [0.1, 0.15) is 5.76 Å². The second-order valence-electron chi connectivity index (χ2n) is 4.30.